The Bertz CT molecular complexity index is 1140. The molecular formula is C23H20FN3O2. The predicted octanol–water partition coefficient (Wildman–Crippen LogP) is 6.02. The van der Waals surface area contributed by atoms with Gasteiger partial charge in [0.15, 0.2) is 0 Å². The number of benzene rings is 3. The average Bonchev–Trinajstić information content (AvgIpc) is 3.13. The van der Waals surface area contributed by atoms with Crippen LogP contribution in [0, 0.1) is 5.82 Å². The highest BCUT2D eigenvalue weighted by atomic mass is 19.1. The van der Waals surface area contributed by atoms with E-state index in [-0.39, 0.29) is 11.8 Å². The lowest BCUT2D eigenvalue weighted by molar-refractivity contribution is 0.262. The van der Waals surface area contributed by atoms with Crippen molar-refractivity contribution in [2.45, 2.75) is 6.92 Å². The summed E-state index contributed by atoms with van der Waals surface area (Å²) in [6.07, 6.45) is 0. The fourth-order valence-corrected chi connectivity index (χ4v) is 3.09. The van der Waals surface area contributed by atoms with Gasteiger partial charge in [0.2, 0.25) is 0 Å². The zero-order valence-corrected chi connectivity index (χ0v) is 15.8. The second-order valence-electron chi connectivity index (χ2n) is 6.53. The number of nitrogens with one attached hydrogen (secondary N) is 3. The minimum Gasteiger partial charge on any atom is -0.494 e. The number of hydrogen-bond acceptors (Lipinski definition) is 2. The molecule has 29 heavy (non-hydrogen) atoms. The van der Waals surface area contributed by atoms with Gasteiger partial charge in [-0.25, -0.2) is 9.18 Å². The summed E-state index contributed by atoms with van der Waals surface area (Å²) in [5.74, 6) is 0.495. The van der Waals surface area contributed by atoms with Crippen molar-refractivity contribution in [3.05, 3.63) is 78.6 Å². The summed E-state index contributed by atoms with van der Waals surface area (Å²) in [4.78, 5) is 15.5. The molecule has 3 N–H and O–H groups in total. The highest BCUT2D eigenvalue weighted by Gasteiger charge is 2.06. The van der Waals surface area contributed by atoms with E-state index in [0.29, 0.717) is 18.0 Å². The molecule has 4 aromatic rings. The third kappa shape index (κ3) is 4.38. The molecule has 0 radical (unpaired) electrons. The van der Waals surface area contributed by atoms with Gasteiger partial charge in [-0.15, -0.1) is 0 Å². The summed E-state index contributed by atoms with van der Waals surface area (Å²) >= 11 is 0. The normalized spacial score (nSPS) is 10.7. The SMILES string of the molecule is CCOc1ccc(NC(=O)Nc2ccc(-c3cc4cc(F)ccc4[nH]3)cc2)cc1. The van der Waals surface area contributed by atoms with Crippen LogP contribution in [0.25, 0.3) is 22.2 Å². The van der Waals surface area contributed by atoms with Crippen molar-refractivity contribution in [1.82, 2.24) is 4.98 Å². The number of amides is 2. The second kappa shape index (κ2) is 8.06. The van der Waals surface area contributed by atoms with Gasteiger partial charge in [0.05, 0.1) is 6.61 Å². The van der Waals surface area contributed by atoms with Crippen molar-refractivity contribution in [3.63, 3.8) is 0 Å². The summed E-state index contributed by atoms with van der Waals surface area (Å²) in [5.41, 5.74) is 4.04. The monoisotopic (exact) mass is 389 g/mol. The summed E-state index contributed by atoms with van der Waals surface area (Å²) < 4.78 is 18.8. The maximum Gasteiger partial charge on any atom is 0.323 e. The molecule has 0 unspecified atom stereocenters. The smallest absolute Gasteiger partial charge is 0.323 e. The van der Waals surface area contributed by atoms with Crippen molar-refractivity contribution >= 4 is 28.3 Å². The first-order valence-corrected chi connectivity index (χ1v) is 9.30. The topological polar surface area (TPSA) is 66.2 Å². The van der Waals surface area contributed by atoms with Crippen LogP contribution < -0.4 is 15.4 Å². The maximum absolute atomic E-state index is 13.4. The largest absolute Gasteiger partial charge is 0.494 e. The highest BCUT2D eigenvalue weighted by Crippen LogP contribution is 2.26. The Labute approximate surface area is 167 Å². The highest BCUT2D eigenvalue weighted by molar-refractivity contribution is 6.00. The van der Waals surface area contributed by atoms with E-state index in [9.17, 15) is 9.18 Å². The number of rotatable bonds is 5. The van der Waals surface area contributed by atoms with Crippen LogP contribution in [0.1, 0.15) is 6.92 Å². The molecule has 0 atom stereocenters. The second-order valence-corrected chi connectivity index (χ2v) is 6.53. The van der Waals surface area contributed by atoms with Crippen molar-refractivity contribution in [2.75, 3.05) is 17.2 Å². The van der Waals surface area contributed by atoms with Crippen molar-refractivity contribution in [2.24, 2.45) is 0 Å². The molecule has 5 nitrogen and oxygen atoms in total. The molecule has 0 aliphatic heterocycles. The first-order valence-electron chi connectivity index (χ1n) is 9.30. The van der Waals surface area contributed by atoms with Crippen LogP contribution in [-0.2, 0) is 0 Å². The number of ether oxygens (including phenoxy) is 1. The molecule has 1 aromatic heterocycles. The average molecular weight is 389 g/mol. The Morgan fingerprint density at radius 3 is 2.24 bits per heavy atom. The summed E-state index contributed by atoms with van der Waals surface area (Å²) in [6, 6.07) is 20.8. The number of fused-ring (bicyclic) bond motifs is 1. The fourth-order valence-electron chi connectivity index (χ4n) is 3.09. The third-order valence-electron chi connectivity index (χ3n) is 4.46. The standard InChI is InChI=1S/C23H20FN3O2/c1-2-29-20-10-8-19(9-11-20)26-23(28)25-18-6-3-15(4-7-18)22-14-16-13-17(24)5-12-21(16)27-22/h3-14,27H,2H2,1H3,(H2,25,26,28). The van der Waals surface area contributed by atoms with Gasteiger partial charge >= 0.3 is 6.03 Å². The number of anilines is 2. The Morgan fingerprint density at radius 2 is 1.59 bits per heavy atom. The minimum atomic E-state index is -0.331. The number of aromatic nitrogens is 1. The predicted molar refractivity (Wildman–Crippen MR) is 114 cm³/mol. The quantitative estimate of drug-likeness (QED) is 0.391. The molecule has 0 saturated heterocycles. The molecule has 1 heterocycles. The summed E-state index contributed by atoms with van der Waals surface area (Å²) in [6.45, 7) is 2.52. The van der Waals surface area contributed by atoms with Crippen LogP contribution in [0.15, 0.2) is 72.8 Å². The van der Waals surface area contributed by atoms with Gasteiger partial charge in [-0.1, -0.05) is 12.1 Å². The Hall–Kier alpha value is -3.80. The Morgan fingerprint density at radius 1 is 0.931 bits per heavy atom. The summed E-state index contributed by atoms with van der Waals surface area (Å²) in [5, 5.41) is 6.40. The number of hydrogen-bond donors (Lipinski definition) is 3. The van der Waals surface area contributed by atoms with Gasteiger partial charge in [0.25, 0.3) is 0 Å². The Balaban J connectivity index is 1.41. The van der Waals surface area contributed by atoms with E-state index in [4.69, 9.17) is 4.74 Å². The van der Waals surface area contributed by atoms with Crippen LogP contribution in [0.4, 0.5) is 20.6 Å². The zero-order valence-electron chi connectivity index (χ0n) is 15.8. The van der Waals surface area contributed by atoms with Crippen LogP contribution in [0.3, 0.4) is 0 Å². The van der Waals surface area contributed by atoms with Crippen LogP contribution in [-0.4, -0.2) is 17.6 Å². The number of carbonyl (C=O) groups is 1. The summed E-state index contributed by atoms with van der Waals surface area (Å²) in [7, 11) is 0. The number of halogens is 1. The molecule has 6 heteroatoms. The maximum atomic E-state index is 13.4. The van der Waals surface area contributed by atoms with E-state index in [1.54, 1.807) is 30.3 Å². The lowest BCUT2D eigenvalue weighted by atomic mass is 10.1. The third-order valence-corrected chi connectivity index (χ3v) is 4.46. The first-order chi connectivity index (χ1) is 14.1. The number of carbonyl (C=O) groups excluding carboxylic acids is 1. The molecule has 0 saturated carbocycles. The molecular weight excluding hydrogens is 369 g/mol. The number of aromatic amines is 1. The minimum absolute atomic E-state index is 0.263. The van der Waals surface area contributed by atoms with Crippen molar-refractivity contribution in [1.29, 1.82) is 0 Å². The molecule has 0 bridgehead atoms. The van der Waals surface area contributed by atoms with Gasteiger partial charge in [-0.2, -0.15) is 0 Å². The van der Waals surface area contributed by atoms with Crippen LogP contribution in [0.5, 0.6) is 5.75 Å². The Kier molecular flexibility index (Phi) is 5.16. The van der Waals surface area contributed by atoms with Crippen molar-refractivity contribution in [3.8, 4) is 17.0 Å². The van der Waals surface area contributed by atoms with E-state index in [1.807, 2.05) is 37.3 Å². The van der Waals surface area contributed by atoms with E-state index >= 15 is 0 Å². The number of H-pyrrole nitrogens is 1. The van der Waals surface area contributed by atoms with E-state index in [2.05, 4.69) is 15.6 Å². The van der Waals surface area contributed by atoms with Crippen molar-refractivity contribution < 1.29 is 13.9 Å². The number of urea groups is 1. The van der Waals surface area contributed by atoms with E-state index in [1.165, 1.54) is 12.1 Å². The molecule has 4 rings (SSSR count). The van der Waals surface area contributed by atoms with Gasteiger partial charge < -0.3 is 20.4 Å². The molecule has 3 aromatic carbocycles. The molecule has 0 spiro atoms. The lowest BCUT2D eigenvalue weighted by Crippen LogP contribution is -2.19. The van der Waals surface area contributed by atoms with E-state index in [0.717, 1.165) is 27.9 Å². The van der Waals surface area contributed by atoms with Gasteiger partial charge in [-0.3, -0.25) is 0 Å². The first kappa shape index (κ1) is 18.6. The van der Waals surface area contributed by atoms with Gasteiger partial charge in [-0.05, 0) is 73.2 Å². The van der Waals surface area contributed by atoms with E-state index < -0.39 is 0 Å². The van der Waals surface area contributed by atoms with Gasteiger partial charge in [0, 0.05) is 28.0 Å². The molecule has 2 amide bonds. The van der Waals surface area contributed by atoms with Crippen LogP contribution >= 0.6 is 0 Å². The zero-order chi connectivity index (χ0) is 20.2. The van der Waals surface area contributed by atoms with Gasteiger partial charge in [0.1, 0.15) is 11.6 Å². The lowest BCUT2D eigenvalue weighted by Gasteiger charge is -2.09. The molecule has 0 aliphatic carbocycles. The van der Waals surface area contributed by atoms with Crippen LogP contribution in [0.2, 0.25) is 0 Å². The molecule has 0 fully saturated rings. The fraction of sp³-hybridized carbons (Fsp3) is 0.0870. The molecule has 146 valence electrons. The molecule has 0 aliphatic rings.